The van der Waals surface area contributed by atoms with Crippen LogP contribution >= 0.6 is 0 Å². The van der Waals surface area contributed by atoms with Crippen molar-refractivity contribution in [1.29, 1.82) is 0 Å². The molecule has 21 heavy (non-hydrogen) atoms. The Morgan fingerprint density at radius 3 is 2.95 bits per heavy atom. The van der Waals surface area contributed by atoms with Crippen LogP contribution in [0, 0.1) is 0 Å². The van der Waals surface area contributed by atoms with Crippen LogP contribution in [0.1, 0.15) is 12.8 Å². The van der Waals surface area contributed by atoms with Crippen LogP contribution < -0.4 is 4.90 Å². The van der Waals surface area contributed by atoms with Gasteiger partial charge in [-0.15, -0.1) is 0 Å². The predicted molar refractivity (Wildman–Crippen MR) is 75.8 cm³/mol. The minimum Gasteiger partial charge on any atom is -0.394 e. The van der Waals surface area contributed by atoms with E-state index in [9.17, 15) is 9.90 Å². The molecule has 7 heteroatoms. The highest BCUT2D eigenvalue weighted by molar-refractivity contribution is 5.85. The van der Waals surface area contributed by atoms with Gasteiger partial charge in [0.15, 0.2) is 0 Å². The van der Waals surface area contributed by atoms with Gasteiger partial charge >= 0.3 is 0 Å². The van der Waals surface area contributed by atoms with E-state index in [1.807, 2.05) is 4.90 Å². The third kappa shape index (κ3) is 2.98. The first-order valence-electron chi connectivity index (χ1n) is 7.34. The molecule has 3 heterocycles. The van der Waals surface area contributed by atoms with Crippen molar-refractivity contribution in [2.75, 3.05) is 37.7 Å². The number of nitrogens with zero attached hydrogens (tertiary/aromatic N) is 4. The van der Waals surface area contributed by atoms with Crippen molar-refractivity contribution in [2.45, 2.75) is 25.0 Å². The van der Waals surface area contributed by atoms with Gasteiger partial charge in [-0.05, 0) is 18.9 Å². The van der Waals surface area contributed by atoms with E-state index in [1.165, 1.54) is 0 Å². The molecule has 7 nitrogen and oxygen atoms in total. The molecule has 0 radical (unpaired) electrons. The fourth-order valence-electron chi connectivity index (χ4n) is 2.94. The molecule has 2 aliphatic rings. The number of carbonyl (C=O) groups excluding carboxylic acids is 1. The predicted octanol–water partition coefficient (Wildman–Crippen LogP) is -0.335. The van der Waals surface area contributed by atoms with Gasteiger partial charge in [-0.1, -0.05) is 0 Å². The summed E-state index contributed by atoms with van der Waals surface area (Å²) in [6.07, 6.45) is 4.89. The normalized spacial score (nSPS) is 26.1. The Bertz CT molecular complexity index is 484. The quantitative estimate of drug-likeness (QED) is 0.821. The van der Waals surface area contributed by atoms with Gasteiger partial charge in [0.05, 0.1) is 19.3 Å². The number of aliphatic hydroxyl groups is 1. The highest BCUT2D eigenvalue weighted by Crippen LogP contribution is 2.24. The lowest BCUT2D eigenvalue weighted by Crippen LogP contribution is -2.53. The Kier molecular flexibility index (Phi) is 4.31. The van der Waals surface area contributed by atoms with Crippen LogP contribution in [0.5, 0.6) is 0 Å². The number of carbonyl (C=O) groups is 1. The summed E-state index contributed by atoms with van der Waals surface area (Å²) in [6.45, 7) is 2.25. The zero-order valence-electron chi connectivity index (χ0n) is 11.9. The van der Waals surface area contributed by atoms with Crippen molar-refractivity contribution in [3.8, 4) is 0 Å². The van der Waals surface area contributed by atoms with E-state index in [1.54, 1.807) is 23.4 Å². The van der Waals surface area contributed by atoms with Gasteiger partial charge in [-0.25, -0.2) is 9.97 Å². The molecule has 1 N–H and O–H groups in total. The van der Waals surface area contributed by atoms with Crippen LogP contribution in [0.3, 0.4) is 0 Å². The van der Waals surface area contributed by atoms with Crippen molar-refractivity contribution < 1.29 is 14.6 Å². The smallest absolute Gasteiger partial charge is 0.245 e. The number of hydrogen-bond donors (Lipinski definition) is 1. The highest BCUT2D eigenvalue weighted by Gasteiger charge is 2.36. The monoisotopic (exact) mass is 292 g/mol. The number of hydrogen-bond acceptors (Lipinski definition) is 6. The summed E-state index contributed by atoms with van der Waals surface area (Å²) in [5, 5.41) is 9.19. The van der Waals surface area contributed by atoms with Crippen LogP contribution in [-0.4, -0.2) is 70.9 Å². The number of amides is 1. The van der Waals surface area contributed by atoms with E-state index in [4.69, 9.17) is 4.74 Å². The second-order valence-electron chi connectivity index (χ2n) is 5.36. The van der Waals surface area contributed by atoms with E-state index >= 15 is 0 Å². The summed E-state index contributed by atoms with van der Waals surface area (Å²) in [6, 6.07) is 1.56. The first-order chi connectivity index (χ1) is 10.3. The lowest BCUT2D eigenvalue weighted by Gasteiger charge is -2.35. The summed E-state index contributed by atoms with van der Waals surface area (Å²) in [7, 11) is 0. The lowest BCUT2D eigenvalue weighted by atomic mass is 10.1. The molecule has 2 saturated heterocycles. The molecular weight excluding hydrogens is 272 g/mol. The van der Waals surface area contributed by atoms with Gasteiger partial charge in [0, 0.05) is 32.0 Å². The number of morpholine rings is 1. The molecule has 1 amide bonds. The SMILES string of the molecule is O=C(C1CCCN1c1ncccn1)N1CCOC(CO)C1. The van der Waals surface area contributed by atoms with Gasteiger partial charge in [0.2, 0.25) is 11.9 Å². The molecular formula is C14H20N4O3. The molecule has 1 aromatic rings. The van der Waals surface area contributed by atoms with Crippen molar-refractivity contribution in [2.24, 2.45) is 0 Å². The molecule has 0 aromatic carbocycles. The van der Waals surface area contributed by atoms with E-state index in [2.05, 4.69) is 9.97 Å². The third-order valence-electron chi connectivity index (χ3n) is 4.00. The second-order valence-corrected chi connectivity index (χ2v) is 5.36. The highest BCUT2D eigenvalue weighted by atomic mass is 16.5. The average molecular weight is 292 g/mol. The fraction of sp³-hybridized carbons (Fsp3) is 0.643. The van der Waals surface area contributed by atoms with Gasteiger partial charge < -0.3 is 19.6 Å². The topological polar surface area (TPSA) is 78.8 Å². The molecule has 0 spiro atoms. The van der Waals surface area contributed by atoms with Gasteiger partial charge in [0.1, 0.15) is 6.04 Å². The molecule has 2 atom stereocenters. The first-order valence-corrected chi connectivity index (χ1v) is 7.34. The van der Waals surface area contributed by atoms with Crippen LogP contribution in [0.4, 0.5) is 5.95 Å². The molecule has 0 saturated carbocycles. The van der Waals surface area contributed by atoms with Gasteiger partial charge in [-0.3, -0.25) is 4.79 Å². The largest absolute Gasteiger partial charge is 0.394 e. The van der Waals surface area contributed by atoms with E-state index in [0.717, 1.165) is 19.4 Å². The maximum atomic E-state index is 12.7. The molecule has 1 aromatic heterocycles. The van der Waals surface area contributed by atoms with E-state index in [0.29, 0.717) is 25.6 Å². The van der Waals surface area contributed by atoms with Crippen LogP contribution in [0.15, 0.2) is 18.5 Å². The molecule has 0 aliphatic carbocycles. The maximum Gasteiger partial charge on any atom is 0.245 e. The zero-order chi connectivity index (χ0) is 14.7. The molecule has 2 unspecified atom stereocenters. The summed E-state index contributed by atoms with van der Waals surface area (Å²) in [5.41, 5.74) is 0. The molecule has 2 aliphatic heterocycles. The Hall–Kier alpha value is -1.73. The van der Waals surface area contributed by atoms with Crippen molar-refractivity contribution in [3.05, 3.63) is 18.5 Å². The molecule has 3 rings (SSSR count). The van der Waals surface area contributed by atoms with Gasteiger partial charge in [0.25, 0.3) is 0 Å². The van der Waals surface area contributed by atoms with Crippen LogP contribution in [0.25, 0.3) is 0 Å². The Labute approximate surface area is 123 Å². The van der Waals surface area contributed by atoms with Crippen LogP contribution in [-0.2, 0) is 9.53 Å². The minimum atomic E-state index is -0.273. The Balaban J connectivity index is 1.71. The number of rotatable bonds is 3. The zero-order valence-corrected chi connectivity index (χ0v) is 11.9. The summed E-state index contributed by atoms with van der Waals surface area (Å²) >= 11 is 0. The number of ether oxygens (including phenoxy) is 1. The number of anilines is 1. The number of aromatic nitrogens is 2. The third-order valence-corrected chi connectivity index (χ3v) is 4.00. The van der Waals surface area contributed by atoms with Crippen LogP contribution in [0.2, 0.25) is 0 Å². The van der Waals surface area contributed by atoms with Crippen molar-refractivity contribution >= 4 is 11.9 Å². The Morgan fingerprint density at radius 2 is 2.19 bits per heavy atom. The summed E-state index contributed by atoms with van der Waals surface area (Å²) in [4.78, 5) is 25.0. The lowest BCUT2D eigenvalue weighted by molar-refractivity contribution is -0.141. The van der Waals surface area contributed by atoms with Crippen molar-refractivity contribution in [1.82, 2.24) is 14.9 Å². The maximum absolute atomic E-state index is 12.7. The number of aliphatic hydroxyl groups excluding tert-OH is 1. The summed E-state index contributed by atoms with van der Waals surface area (Å²) in [5.74, 6) is 0.696. The summed E-state index contributed by atoms with van der Waals surface area (Å²) < 4.78 is 5.40. The van der Waals surface area contributed by atoms with E-state index in [-0.39, 0.29) is 24.7 Å². The van der Waals surface area contributed by atoms with E-state index < -0.39 is 0 Å². The molecule has 0 bridgehead atoms. The first kappa shape index (κ1) is 14.2. The molecule has 114 valence electrons. The second kappa shape index (κ2) is 6.36. The minimum absolute atomic E-state index is 0.0556. The fourth-order valence-corrected chi connectivity index (χ4v) is 2.94. The Morgan fingerprint density at radius 1 is 1.38 bits per heavy atom. The molecule has 2 fully saturated rings. The van der Waals surface area contributed by atoms with Gasteiger partial charge in [-0.2, -0.15) is 0 Å². The van der Waals surface area contributed by atoms with Crippen molar-refractivity contribution in [3.63, 3.8) is 0 Å². The average Bonchev–Trinajstić information content (AvgIpc) is 3.04. The standard InChI is InChI=1S/C14H20N4O3/c19-10-11-9-17(7-8-21-11)13(20)12-3-1-6-18(12)14-15-4-2-5-16-14/h2,4-5,11-12,19H,1,3,6-10H2.